The molecule has 0 aromatic carbocycles. The van der Waals surface area contributed by atoms with Crippen LogP contribution in [0, 0.1) is 5.92 Å². The summed E-state index contributed by atoms with van der Waals surface area (Å²) in [7, 11) is -1.57. The first-order valence-electron chi connectivity index (χ1n) is 5.98. The maximum atomic E-state index is 12.2. The number of nitrogen functional groups attached to an aromatic ring is 1. The maximum absolute atomic E-state index is 12.2. The number of pyridine rings is 1. The lowest BCUT2D eigenvalue weighted by atomic mass is 10.1. The van der Waals surface area contributed by atoms with Gasteiger partial charge in [0.15, 0.2) is 0 Å². The highest BCUT2D eigenvalue weighted by atomic mass is 79.9. The molecule has 0 saturated carbocycles. The van der Waals surface area contributed by atoms with Gasteiger partial charge in [-0.1, -0.05) is 0 Å². The van der Waals surface area contributed by atoms with Crippen LogP contribution in [-0.4, -0.2) is 45.0 Å². The third kappa shape index (κ3) is 3.65. The summed E-state index contributed by atoms with van der Waals surface area (Å²) in [6.07, 6.45) is 2.48. The molecule has 0 spiro atoms. The van der Waals surface area contributed by atoms with E-state index < -0.39 is 10.0 Å². The van der Waals surface area contributed by atoms with Crippen molar-refractivity contribution in [1.29, 1.82) is 0 Å². The Kier molecular flexibility index (Phi) is 4.44. The fourth-order valence-electron chi connectivity index (χ4n) is 2.14. The topological polar surface area (TPSA) is 88.3 Å². The summed E-state index contributed by atoms with van der Waals surface area (Å²) in [5, 5.41) is 0. The van der Waals surface area contributed by atoms with Gasteiger partial charge in [0, 0.05) is 23.8 Å². The molecule has 0 bridgehead atoms. The van der Waals surface area contributed by atoms with E-state index in [1.807, 2.05) is 7.05 Å². The van der Waals surface area contributed by atoms with Crippen molar-refractivity contribution in [2.75, 3.05) is 32.4 Å². The van der Waals surface area contributed by atoms with Gasteiger partial charge in [-0.2, -0.15) is 0 Å². The molecule has 1 aromatic heterocycles. The van der Waals surface area contributed by atoms with Crippen molar-refractivity contribution in [3.05, 3.63) is 16.7 Å². The van der Waals surface area contributed by atoms with Crippen molar-refractivity contribution in [2.45, 2.75) is 11.3 Å². The molecular formula is C11H17BrN4O2S. The summed E-state index contributed by atoms with van der Waals surface area (Å²) >= 11 is 3.20. The third-order valence-electron chi connectivity index (χ3n) is 3.19. The first-order chi connectivity index (χ1) is 8.88. The molecule has 0 amide bonds. The molecule has 106 valence electrons. The van der Waals surface area contributed by atoms with Crippen molar-refractivity contribution < 1.29 is 8.42 Å². The number of likely N-dealkylation sites (tertiary alicyclic amines) is 1. The van der Waals surface area contributed by atoms with Crippen LogP contribution in [0.15, 0.2) is 21.6 Å². The van der Waals surface area contributed by atoms with E-state index in [9.17, 15) is 8.42 Å². The molecule has 1 saturated heterocycles. The largest absolute Gasteiger partial charge is 0.383 e. The summed E-state index contributed by atoms with van der Waals surface area (Å²) in [5.74, 6) is 0.361. The van der Waals surface area contributed by atoms with Crippen molar-refractivity contribution in [3.63, 3.8) is 0 Å². The first kappa shape index (κ1) is 14.7. The van der Waals surface area contributed by atoms with Crippen molar-refractivity contribution >= 4 is 31.8 Å². The molecule has 1 fully saturated rings. The molecular weight excluding hydrogens is 332 g/mol. The molecule has 8 heteroatoms. The highest BCUT2D eigenvalue weighted by Gasteiger charge is 2.24. The molecule has 0 radical (unpaired) electrons. The van der Waals surface area contributed by atoms with Gasteiger partial charge in [-0.05, 0) is 47.9 Å². The van der Waals surface area contributed by atoms with Crippen LogP contribution >= 0.6 is 15.9 Å². The monoisotopic (exact) mass is 348 g/mol. The number of anilines is 1. The Bertz CT molecular complexity index is 564. The van der Waals surface area contributed by atoms with Gasteiger partial charge in [0.25, 0.3) is 0 Å². The summed E-state index contributed by atoms with van der Waals surface area (Å²) in [6.45, 7) is 2.35. The number of hydrogen-bond donors (Lipinski definition) is 2. The average molecular weight is 349 g/mol. The number of nitrogens with two attached hydrogens (primary N) is 1. The zero-order chi connectivity index (χ0) is 14.0. The lowest BCUT2D eigenvalue weighted by Crippen LogP contribution is -2.31. The SMILES string of the molecule is CN1CC[C@H](CNS(=O)(=O)c2cc(Br)cnc2N)C1. The Hall–Kier alpha value is -0.700. The van der Waals surface area contributed by atoms with Crippen LogP contribution in [0.2, 0.25) is 0 Å². The van der Waals surface area contributed by atoms with Crippen molar-refractivity contribution in [3.8, 4) is 0 Å². The van der Waals surface area contributed by atoms with Gasteiger partial charge in [-0.3, -0.25) is 0 Å². The number of rotatable bonds is 4. The predicted molar refractivity (Wildman–Crippen MR) is 77.1 cm³/mol. The second-order valence-electron chi connectivity index (χ2n) is 4.81. The van der Waals surface area contributed by atoms with Crippen LogP contribution in [0.25, 0.3) is 0 Å². The highest BCUT2D eigenvalue weighted by molar-refractivity contribution is 9.10. The third-order valence-corrected chi connectivity index (χ3v) is 5.08. The molecule has 0 aliphatic carbocycles. The minimum atomic E-state index is -3.60. The zero-order valence-corrected chi connectivity index (χ0v) is 13.0. The number of sulfonamides is 1. The molecule has 19 heavy (non-hydrogen) atoms. The highest BCUT2D eigenvalue weighted by Crippen LogP contribution is 2.21. The van der Waals surface area contributed by atoms with Gasteiger partial charge >= 0.3 is 0 Å². The average Bonchev–Trinajstić information content (AvgIpc) is 2.76. The van der Waals surface area contributed by atoms with E-state index >= 15 is 0 Å². The molecule has 1 aliphatic rings. The lowest BCUT2D eigenvalue weighted by Gasteiger charge is -2.13. The minimum absolute atomic E-state index is 0.0132. The van der Waals surface area contributed by atoms with Gasteiger partial charge < -0.3 is 10.6 Å². The van der Waals surface area contributed by atoms with E-state index in [1.165, 1.54) is 12.3 Å². The second kappa shape index (κ2) is 5.74. The van der Waals surface area contributed by atoms with Gasteiger partial charge in [-0.15, -0.1) is 0 Å². The molecule has 2 heterocycles. The summed E-state index contributed by atoms with van der Waals surface area (Å²) in [6, 6.07) is 1.46. The molecule has 6 nitrogen and oxygen atoms in total. The van der Waals surface area contributed by atoms with Gasteiger partial charge in [0.1, 0.15) is 10.7 Å². The second-order valence-corrected chi connectivity index (χ2v) is 7.46. The molecule has 1 aromatic rings. The number of nitrogens with zero attached hydrogens (tertiary/aromatic N) is 2. The van der Waals surface area contributed by atoms with Crippen LogP contribution < -0.4 is 10.5 Å². The van der Waals surface area contributed by atoms with E-state index in [-0.39, 0.29) is 10.7 Å². The molecule has 2 rings (SSSR count). The standard InChI is InChI=1S/C11H17BrN4O2S/c1-16-3-2-8(7-16)5-15-19(17,18)10-4-9(12)6-14-11(10)13/h4,6,8,15H,2-3,5,7H2,1H3,(H2,13,14)/t8-/m1/s1. The predicted octanol–water partition coefficient (Wildman–Crippen LogP) is 0.656. The van der Waals surface area contributed by atoms with Crippen LogP contribution in [0.4, 0.5) is 5.82 Å². The quantitative estimate of drug-likeness (QED) is 0.834. The normalized spacial score (nSPS) is 20.8. The zero-order valence-electron chi connectivity index (χ0n) is 10.6. The molecule has 3 N–H and O–H groups in total. The fraction of sp³-hybridized carbons (Fsp3) is 0.545. The Morgan fingerprint density at radius 2 is 2.37 bits per heavy atom. The van der Waals surface area contributed by atoms with E-state index in [2.05, 4.69) is 30.5 Å². The van der Waals surface area contributed by atoms with Gasteiger partial charge in [-0.25, -0.2) is 18.1 Å². The first-order valence-corrected chi connectivity index (χ1v) is 8.25. The summed E-state index contributed by atoms with van der Waals surface area (Å²) in [5.41, 5.74) is 5.62. The van der Waals surface area contributed by atoms with Crippen molar-refractivity contribution in [2.24, 2.45) is 5.92 Å². The van der Waals surface area contributed by atoms with Gasteiger partial charge in [0.2, 0.25) is 10.0 Å². The molecule has 1 aliphatic heterocycles. The smallest absolute Gasteiger partial charge is 0.244 e. The molecule has 1 atom stereocenters. The molecule has 0 unspecified atom stereocenters. The van der Waals surface area contributed by atoms with Crippen LogP contribution in [-0.2, 0) is 10.0 Å². The van der Waals surface area contributed by atoms with Crippen LogP contribution in [0.3, 0.4) is 0 Å². The maximum Gasteiger partial charge on any atom is 0.244 e. The Morgan fingerprint density at radius 3 is 3.00 bits per heavy atom. The lowest BCUT2D eigenvalue weighted by molar-refractivity contribution is 0.394. The summed E-state index contributed by atoms with van der Waals surface area (Å²) in [4.78, 5) is 6.05. The minimum Gasteiger partial charge on any atom is -0.383 e. The Balaban J connectivity index is 2.08. The van der Waals surface area contributed by atoms with Crippen LogP contribution in [0.5, 0.6) is 0 Å². The fourth-order valence-corrected chi connectivity index (χ4v) is 3.85. The van der Waals surface area contributed by atoms with E-state index in [0.717, 1.165) is 19.5 Å². The van der Waals surface area contributed by atoms with Crippen LogP contribution in [0.1, 0.15) is 6.42 Å². The number of halogens is 1. The van der Waals surface area contributed by atoms with Gasteiger partial charge in [0.05, 0.1) is 0 Å². The van der Waals surface area contributed by atoms with E-state index in [4.69, 9.17) is 5.73 Å². The number of aromatic nitrogens is 1. The van der Waals surface area contributed by atoms with E-state index in [1.54, 1.807) is 0 Å². The van der Waals surface area contributed by atoms with Crippen molar-refractivity contribution in [1.82, 2.24) is 14.6 Å². The number of hydrogen-bond acceptors (Lipinski definition) is 5. The van der Waals surface area contributed by atoms with E-state index in [0.29, 0.717) is 16.9 Å². The Morgan fingerprint density at radius 1 is 1.63 bits per heavy atom. The Labute approximate surface area is 121 Å². The summed E-state index contributed by atoms with van der Waals surface area (Å²) < 4.78 is 27.6. The number of nitrogens with one attached hydrogen (secondary N) is 1.